The number of aryl methyl sites for hydroxylation is 1. The molecule has 0 spiro atoms. The highest BCUT2D eigenvalue weighted by molar-refractivity contribution is 8.00. The molecule has 0 bridgehead atoms. The number of amides is 1. The van der Waals surface area contributed by atoms with E-state index in [9.17, 15) is 13.6 Å². The molecule has 118 valence electrons. The van der Waals surface area contributed by atoms with Crippen molar-refractivity contribution in [1.29, 1.82) is 0 Å². The first-order valence-electron chi connectivity index (χ1n) is 6.21. The van der Waals surface area contributed by atoms with Gasteiger partial charge in [0.05, 0.1) is 10.9 Å². The molecule has 1 atom stereocenters. The molecular formula is C12H13F2N5O2S. The zero-order chi connectivity index (χ0) is 16.1. The van der Waals surface area contributed by atoms with Crippen molar-refractivity contribution in [3.8, 4) is 5.75 Å². The summed E-state index contributed by atoms with van der Waals surface area (Å²) in [7, 11) is 1.65. The number of hydrogen-bond acceptors (Lipinski definition) is 6. The molecule has 7 nitrogen and oxygen atoms in total. The van der Waals surface area contributed by atoms with E-state index in [1.807, 2.05) is 0 Å². The number of tetrazole rings is 1. The van der Waals surface area contributed by atoms with E-state index >= 15 is 0 Å². The lowest BCUT2D eigenvalue weighted by Gasteiger charge is -2.14. The number of anilines is 1. The van der Waals surface area contributed by atoms with Crippen molar-refractivity contribution >= 4 is 23.4 Å². The van der Waals surface area contributed by atoms with Crippen LogP contribution in [0.4, 0.5) is 14.5 Å². The number of carbonyl (C=O) groups excluding carboxylic acids is 1. The van der Waals surface area contributed by atoms with Crippen LogP contribution in [0.1, 0.15) is 6.92 Å². The SMILES string of the molecule is CC(Sc1nnnn1C)C(=O)Nc1ccccc1OC(F)F. The summed E-state index contributed by atoms with van der Waals surface area (Å²) in [5.41, 5.74) is 0.177. The van der Waals surface area contributed by atoms with Crippen LogP contribution in [0.5, 0.6) is 5.75 Å². The quantitative estimate of drug-likeness (QED) is 0.816. The maximum absolute atomic E-state index is 12.3. The Hall–Kier alpha value is -2.23. The van der Waals surface area contributed by atoms with Crippen LogP contribution in [0.2, 0.25) is 0 Å². The molecule has 0 fully saturated rings. The number of nitrogens with zero attached hydrogens (tertiary/aromatic N) is 4. The summed E-state index contributed by atoms with van der Waals surface area (Å²) >= 11 is 1.15. The first-order chi connectivity index (χ1) is 10.5. The Balaban J connectivity index is 2.04. The lowest BCUT2D eigenvalue weighted by Crippen LogP contribution is -2.23. The van der Waals surface area contributed by atoms with Gasteiger partial charge in [0.15, 0.2) is 0 Å². The van der Waals surface area contributed by atoms with Crippen molar-refractivity contribution in [2.75, 3.05) is 5.32 Å². The number of hydrogen-bond donors (Lipinski definition) is 1. The molecular weight excluding hydrogens is 316 g/mol. The van der Waals surface area contributed by atoms with Crippen LogP contribution in [0.15, 0.2) is 29.4 Å². The second kappa shape index (κ2) is 7.16. The maximum Gasteiger partial charge on any atom is 0.387 e. The van der Waals surface area contributed by atoms with Crippen molar-refractivity contribution in [2.45, 2.75) is 23.9 Å². The molecule has 0 aliphatic rings. The number of halogens is 2. The minimum atomic E-state index is -2.96. The molecule has 0 saturated heterocycles. The van der Waals surface area contributed by atoms with E-state index < -0.39 is 11.9 Å². The van der Waals surface area contributed by atoms with Crippen molar-refractivity contribution in [3.63, 3.8) is 0 Å². The van der Waals surface area contributed by atoms with Gasteiger partial charge < -0.3 is 10.1 Å². The number of carbonyl (C=O) groups is 1. The van der Waals surface area contributed by atoms with Crippen molar-refractivity contribution in [3.05, 3.63) is 24.3 Å². The fourth-order valence-corrected chi connectivity index (χ4v) is 2.29. The van der Waals surface area contributed by atoms with Crippen LogP contribution >= 0.6 is 11.8 Å². The summed E-state index contributed by atoms with van der Waals surface area (Å²) in [5, 5.41) is 13.4. The van der Waals surface area contributed by atoms with Gasteiger partial charge in [-0.2, -0.15) is 8.78 Å². The highest BCUT2D eigenvalue weighted by atomic mass is 32.2. The Morgan fingerprint density at radius 1 is 1.41 bits per heavy atom. The van der Waals surface area contributed by atoms with E-state index in [0.29, 0.717) is 5.16 Å². The number of rotatable bonds is 6. The van der Waals surface area contributed by atoms with Gasteiger partial charge in [-0.05, 0) is 29.5 Å². The monoisotopic (exact) mass is 329 g/mol. The molecule has 2 rings (SSSR count). The molecule has 1 amide bonds. The molecule has 10 heteroatoms. The molecule has 2 aromatic rings. The molecule has 1 heterocycles. The Morgan fingerprint density at radius 2 is 2.14 bits per heavy atom. The largest absolute Gasteiger partial charge is 0.433 e. The third-order valence-electron chi connectivity index (χ3n) is 2.59. The number of para-hydroxylation sites is 2. The van der Waals surface area contributed by atoms with E-state index in [2.05, 4.69) is 25.6 Å². The maximum atomic E-state index is 12.3. The van der Waals surface area contributed by atoms with Crippen LogP contribution in [0.3, 0.4) is 0 Å². The number of aromatic nitrogens is 4. The summed E-state index contributed by atoms with van der Waals surface area (Å²) < 4.78 is 30.5. The van der Waals surface area contributed by atoms with Gasteiger partial charge in [-0.1, -0.05) is 23.9 Å². The Kier molecular flexibility index (Phi) is 5.26. The summed E-state index contributed by atoms with van der Waals surface area (Å²) in [4.78, 5) is 12.1. The van der Waals surface area contributed by atoms with E-state index in [0.717, 1.165) is 11.8 Å². The smallest absolute Gasteiger partial charge is 0.387 e. The fourth-order valence-electron chi connectivity index (χ4n) is 1.54. The molecule has 0 radical (unpaired) electrons. The number of nitrogens with one attached hydrogen (secondary N) is 1. The molecule has 0 saturated carbocycles. The summed E-state index contributed by atoms with van der Waals surface area (Å²) in [6, 6.07) is 5.98. The molecule has 1 aromatic heterocycles. The molecule has 1 N–H and O–H groups in total. The Labute approximate surface area is 129 Å². The van der Waals surface area contributed by atoms with Gasteiger partial charge in [0.1, 0.15) is 5.75 Å². The average Bonchev–Trinajstić information content (AvgIpc) is 2.85. The lowest BCUT2D eigenvalue weighted by molar-refractivity contribution is -0.115. The first-order valence-corrected chi connectivity index (χ1v) is 7.09. The second-order valence-corrected chi connectivity index (χ2v) is 5.52. The minimum Gasteiger partial charge on any atom is -0.433 e. The Bertz CT molecular complexity index is 652. The third-order valence-corrected chi connectivity index (χ3v) is 3.72. The van der Waals surface area contributed by atoms with Crippen LogP contribution in [0.25, 0.3) is 0 Å². The minimum absolute atomic E-state index is 0.0941. The number of benzene rings is 1. The van der Waals surface area contributed by atoms with Crippen molar-refractivity contribution in [1.82, 2.24) is 20.2 Å². The topological polar surface area (TPSA) is 81.9 Å². The van der Waals surface area contributed by atoms with Gasteiger partial charge in [-0.25, -0.2) is 4.68 Å². The molecule has 0 aliphatic heterocycles. The molecule has 1 unspecified atom stereocenters. The molecule has 22 heavy (non-hydrogen) atoms. The highest BCUT2D eigenvalue weighted by Gasteiger charge is 2.19. The molecule has 0 aliphatic carbocycles. The summed E-state index contributed by atoms with van der Waals surface area (Å²) in [6.07, 6.45) is 0. The van der Waals surface area contributed by atoms with Crippen LogP contribution in [0, 0.1) is 0 Å². The van der Waals surface area contributed by atoms with E-state index in [1.165, 1.54) is 22.9 Å². The number of ether oxygens (including phenoxy) is 1. The van der Waals surface area contributed by atoms with Crippen LogP contribution in [-0.2, 0) is 11.8 Å². The van der Waals surface area contributed by atoms with Gasteiger partial charge in [-0.15, -0.1) is 5.10 Å². The highest BCUT2D eigenvalue weighted by Crippen LogP contribution is 2.27. The number of alkyl halides is 2. The van der Waals surface area contributed by atoms with Crippen LogP contribution in [-0.4, -0.2) is 38.0 Å². The lowest BCUT2D eigenvalue weighted by atomic mass is 10.3. The summed E-state index contributed by atoms with van der Waals surface area (Å²) in [5.74, 6) is -0.471. The van der Waals surface area contributed by atoms with Crippen LogP contribution < -0.4 is 10.1 Å². The van der Waals surface area contributed by atoms with Gasteiger partial charge in [-0.3, -0.25) is 4.79 Å². The average molecular weight is 329 g/mol. The normalized spacial score (nSPS) is 12.2. The number of thioether (sulfide) groups is 1. The fraction of sp³-hybridized carbons (Fsp3) is 0.333. The predicted molar refractivity (Wildman–Crippen MR) is 75.8 cm³/mol. The first kappa shape index (κ1) is 16.1. The third kappa shape index (κ3) is 4.13. The van der Waals surface area contributed by atoms with Gasteiger partial charge in [0, 0.05) is 7.05 Å². The Morgan fingerprint density at radius 3 is 2.77 bits per heavy atom. The summed E-state index contributed by atoms with van der Waals surface area (Å²) in [6.45, 7) is -1.31. The molecule has 1 aromatic carbocycles. The van der Waals surface area contributed by atoms with E-state index in [4.69, 9.17) is 0 Å². The second-order valence-electron chi connectivity index (χ2n) is 4.21. The van der Waals surface area contributed by atoms with Gasteiger partial charge in [0.2, 0.25) is 11.1 Å². The van der Waals surface area contributed by atoms with Crippen molar-refractivity contribution < 1.29 is 18.3 Å². The van der Waals surface area contributed by atoms with E-state index in [1.54, 1.807) is 20.0 Å². The van der Waals surface area contributed by atoms with Crippen molar-refractivity contribution in [2.24, 2.45) is 7.05 Å². The predicted octanol–water partition coefficient (Wildman–Crippen LogP) is 1.93. The zero-order valence-corrected chi connectivity index (χ0v) is 12.6. The van der Waals surface area contributed by atoms with Gasteiger partial charge >= 0.3 is 6.61 Å². The zero-order valence-electron chi connectivity index (χ0n) is 11.7. The van der Waals surface area contributed by atoms with E-state index in [-0.39, 0.29) is 17.3 Å². The standard InChI is InChI=1S/C12H13F2N5O2S/c1-7(22-12-16-17-18-19(12)2)10(20)15-8-5-3-4-6-9(8)21-11(13)14/h3-7,11H,1-2H3,(H,15,20). The van der Waals surface area contributed by atoms with Gasteiger partial charge in [0.25, 0.3) is 0 Å².